The van der Waals surface area contributed by atoms with Crippen LogP contribution in [-0.4, -0.2) is 25.2 Å². The maximum Gasteiger partial charge on any atom is 0.339 e. The average molecular weight is 308 g/mol. The smallest absolute Gasteiger partial charge is 0.339 e. The predicted octanol–water partition coefficient (Wildman–Crippen LogP) is 1.79. The van der Waals surface area contributed by atoms with E-state index in [0.29, 0.717) is 0 Å². The standard InChI is InChI=1S/C15H16O5S/c1-11-6-8-12(9-7-11)21(18,19)20-15-5-3-2-4-13(15)14(17)10-16/h2-9,14,16-17H,10H2,1H3. The molecule has 0 radical (unpaired) electrons. The normalized spacial score (nSPS) is 12.9. The number of benzene rings is 2. The Balaban J connectivity index is 2.35. The Labute approximate surface area is 123 Å². The fourth-order valence-electron chi connectivity index (χ4n) is 1.80. The van der Waals surface area contributed by atoms with Gasteiger partial charge in [-0.25, -0.2) is 0 Å². The average Bonchev–Trinajstić information content (AvgIpc) is 2.47. The van der Waals surface area contributed by atoms with Crippen LogP contribution in [0.4, 0.5) is 0 Å². The lowest BCUT2D eigenvalue weighted by atomic mass is 10.1. The number of rotatable bonds is 5. The number of hydrogen-bond donors (Lipinski definition) is 2. The van der Waals surface area contributed by atoms with Crippen molar-refractivity contribution in [2.45, 2.75) is 17.9 Å². The Kier molecular flexibility index (Phi) is 4.62. The quantitative estimate of drug-likeness (QED) is 0.823. The summed E-state index contributed by atoms with van der Waals surface area (Å²) < 4.78 is 29.5. The molecule has 2 aromatic carbocycles. The van der Waals surface area contributed by atoms with Gasteiger partial charge in [0, 0.05) is 5.56 Å². The first-order chi connectivity index (χ1) is 9.94. The minimum Gasteiger partial charge on any atom is -0.393 e. The van der Waals surface area contributed by atoms with Crippen LogP contribution < -0.4 is 4.18 Å². The van der Waals surface area contributed by atoms with Gasteiger partial charge >= 0.3 is 10.1 Å². The second-order valence-corrected chi connectivity index (χ2v) is 6.13. The number of aliphatic hydroxyl groups is 2. The van der Waals surface area contributed by atoms with Crippen LogP contribution in [-0.2, 0) is 10.1 Å². The van der Waals surface area contributed by atoms with Crippen LogP contribution in [0.1, 0.15) is 17.2 Å². The Bertz CT molecular complexity index is 707. The minimum absolute atomic E-state index is 0.000347. The van der Waals surface area contributed by atoms with E-state index in [-0.39, 0.29) is 16.2 Å². The lowest BCUT2D eigenvalue weighted by molar-refractivity contribution is 0.0943. The Morgan fingerprint density at radius 1 is 1.10 bits per heavy atom. The molecule has 1 atom stereocenters. The first-order valence-electron chi connectivity index (χ1n) is 6.33. The molecule has 0 amide bonds. The zero-order chi connectivity index (χ0) is 15.5. The molecule has 0 saturated heterocycles. The van der Waals surface area contributed by atoms with E-state index in [1.165, 1.54) is 24.3 Å². The van der Waals surface area contributed by atoms with Crippen LogP contribution in [0, 0.1) is 6.92 Å². The molecule has 0 heterocycles. The second kappa shape index (κ2) is 6.26. The third-order valence-corrected chi connectivity index (χ3v) is 4.21. The molecule has 6 heteroatoms. The minimum atomic E-state index is -3.99. The van der Waals surface area contributed by atoms with Gasteiger partial charge in [-0.05, 0) is 25.1 Å². The molecular formula is C15H16O5S. The molecule has 0 bridgehead atoms. The third kappa shape index (κ3) is 3.60. The zero-order valence-electron chi connectivity index (χ0n) is 11.4. The van der Waals surface area contributed by atoms with Gasteiger partial charge in [0.25, 0.3) is 0 Å². The topological polar surface area (TPSA) is 83.8 Å². The second-order valence-electron chi connectivity index (χ2n) is 4.59. The van der Waals surface area contributed by atoms with Gasteiger partial charge in [0.05, 0.1) is 6.61 Å². The van der Waals surface area contributed by atoms with Crippen molar-refractivity contribution in [3.8, 4) is 5.75 Å². The van der Waals surface area contributed by atoms with Crippen LogP contribution in [0.5, 0.6) is 5.75 Å². The molecule has 5 nitrogen and oxygen atoms in total. The number of aryl methyl sites for hydroxylation is 1. The summed E-state index contributed by atoms with van der Waals surface area (Å²) in [5.41, 5.74) is 1.15. The summed E-state index contributed by atoms with van der Waals surface area (Å²) in [6.45, 7) is 1.33. The fraction of sp³-hybridized carbons (Fsp3) is 0.200. The molecule has 112 valence electrons. The fourth-order valence-corrected chi connectivity index (χ4v) is 2.76. The van der Waals surface area contributed by atoms with Gasteiger partial charge in [-0.2, -0.15) is 8.42 Å². The summed E-state index contributed by atoms with van der Waals surface area (Å²) in [5.74, 6) is -0.000347. The van der Waals surface area contributed by atoms with Gasteiger partial charge in [-0.15, -0.1) is 0 Å². The molecule has 2 aromatic rings. The van der Waals surface area contributed by atoms with E-state index in [1.807, 2.05) is 6.92 Å². The number of hydrogen-bond acceptors (Lipinski definition) is 5. The van der Waals surface area contributed by atoms with Gasteiger partial charge < -0.3 is 14.4 Å². The van der Waals surface area contributed by atoms with Crippen LogP contribution >= 0.6 is 0 Å². The van der Waals surface area contributed by atoms with E-state index in [1.54, 1.807) is 24.3 Å². The molecule has 0 saturated carbocycles. The highest BCUT2D eigenvalue weighted by atomic mass is 32.2. The van der Waals surface area contributed by atoms with Crippen molar-refractivity contribution in [3.05, 3.63) is 59.7 Å². The maximum absolute atomic E-state index is 12.2. The Morgan fingerprint density at radius 2 is 1.71 bits per heavy atom. The molecule has 0 aliphatic heterocycles. The molecule has 0 fully saturated rings. The monoisotopic (exact) mass is 308 g/mol. The van der Waals surface area contributed by atoms with Crippen molar-refractivity contribution in [2.75, 3.05) is 6.61 Å². The van der Waals surface area contributed by atoms with Crippen molar-refractivity contribution in [1.29, 1.82) is 0 Å². The van der Waals surface area contributed by atoms with Crippen molar-refractivity contribution in [3.63, 3.8) is 0 Å². The van der Waals surface area contributed by atoms with Crippen LogP contribution in [0.25, 0.3) is 0 Å². The highest BCUT2D eigenvalue weighted by Crippen LogP contribution is 2.27. The lowest BCUT2D eigenvalue weighted by Gasteiger charge is -2.14. The Hall–Kier alpha value is -1.89. The van der Waals surface area contributed by atoms with Crippen molar-refractivity contribution < 1.29 is 22.8 Å². The van der Waals surface area contributed by atoms with Gasteiger partial charge in [0.1, 0.15) is 16.7 Å². The van der Waals surface area contributed by atoms with Gasteiger partial charge in [-0.1, -0.05) is 35.9 Å². The van der Waals surface area contributed by atoms with E-state index in [4.69, 9.17) is 9.29 Å². The van der Waals surface area contributed by atoms with E-state index in [0.717, 1.165) is 5.56 Å². The van der Waals surface area contributed by atoms with Crippen LogP contribution in [0.15, 0.2) is 53.4 Å². The maximum atomic E-state index is 12.2. The van der Waals surface area contributed by atoms with E-state index >= 15 is 0 Å². The molecule has 2 N–H and O–H groups in total. The molecular weight excluding hydrogens is 292 g/mol. The summed E-state index contributed by atoms with van der Waals surface area (Å²) in [4.78, 5) is 0.0291. The number of aliphatic hydroxyl groups excluding tert-OH is 2. The van der Waals surface area contributed by atoms with Gasteiger partial charge in [0.2, 0.25) is 0 Å². The van der Waals surface area contributed by atoms with Crippen molar-refractivity contribution in [2.24, 2.45) is 0 Å². The molecule has 0 spiro atoms. The highest BCUT2D eigenvalue weighted by molar-refractivity contribution is 7.87. The van der Waals surface area contributed by atoms with Crippen molar-refractivity contribution in [1.82, 2.24) is 0 Å². The first kappa shape index (κ1) is 15.5. The zero-order valence-corrected chi connectivity index (χ0v) is 12.2. The SMILES string of the molecule is Cc1ccc(S(=O)(=O)Oc2ccccc2C(O)CO)cc1. The van der Waals surface area contributed by atoms with Gasteiger partial charge in [-0.3, -0.25) is 0 Å². The van der Waals surface area contributed by atoms with E-state index in [9.17, 15) is 13.5 Å². The summed E-state index contributed by atoms with van der Waals surface area (Å²) in [6.07, 6.45) is -1.20. The molecule has 21 heavy (non-hydrogen) atoms. The summed E-state index contributed by atoms with van der Waals surface area (Å²) in [7, 11) is -3.99. The van der Waals surface area contributed by atoms with Crippen molar-refractivity contribution >= 4 is 10.1 Å². The summed E-state index contributed by atoms with van der Waals surface area (Å²) >= 11 is 0. The summed E-state index contributed by atoms with van der Waals surface area (Å²) in [6, 6.07) is 12.4. The van der Waals surface area contributed by atoms with E-state index in [2.05, 4.69) is 0 Å². The predicted molar refractivity (Wildman–Crippen MR) is 77.5 cm³/mol. The number of para-hydroxylation sites is 1. The highest BCUT2D eigenvalue weighted by Gasteiger charge is 2.20. The summed E-state index contributed by atoms with van der Waals surface area (Å²) in [5, 5.41) is 18.7. The third-order valence-electron chi connectivity index (χ3n) is 2.96. The first-order valence-corrected chi connectivity index (χ1v) is 7.74. The molecule has 1 unspecified atom stereocenters. The molecule has 0 aliphatic carbocycles. The lowest BCUT2D eigenvalue weighted by Crippen LogP contribution is -2.13. The Morgan fingerprint density at radius 3 is 2.33 bits per heavy atom. The van der Waals surface area contributed by atoms with Crippen LogP contribution in [0.3, 0.4) is 0 Å². The molecule has 2 rings (SSSR count). The van der Waals surface area contributed by atoms with Gasteiger partial charge in [0.15, 0.2) is 0 Å². The van der Waals surface area contributed by atoms with E-state index < -0.39 is 22.8 Å². The molecule has 0 aliphatic rings. The molecule has 0 aromatic heterocycles. The van der Waals surface area contributed by atoms with Crippen LogP contribution in [0.2, 0.25) is 0 Å². The largest absolute Gasteiger partial charge is 0.393 e.